The maximum absolute atomic E-state index is 4.44. The van der Waals surface area contributed by atoms with Crippen LogP contribution in [0.4, 0.5) is 0 Å². The van der Waals surface area contributed by atoms with Crippen molar-refractivity contribution in [3.63, 3.8) is 0 Å². The van der Waals surface area contributed by atoms with Crippen LogP contribution >= 0.6 is 11.3 Å². The number of nitrogens with zero attached hydrogens (tertiary/aromatic N) is 2. The molecule has 15 heavy (non-hydrogen) atoms. The first-order valence-corrected chi connectivity index (χ1v) is 6.12. The average molecular weight is 216 g/mol. The van der Waals surface area contributed by atoms with E-state index < -0.39 is 0 Å². The molecule has 2 nitrogen and oxygen atoms in total. The first-order chi connectivity index (χ1) is 7.36. The molecule has 2 heterocycles. The summed E-state index contributed by atoms with van der Waals surface area (Å²) in [5.74, 6) is 0.610. The van der Waals surface area contributed by atoms with Gasteiger partial charge in [0.1, 0.15) is 6.33 Å². The average Bonchev–Trinajstić information content (AvgIpc) is 2.88. The van der Waals surface area contributed by atoms with Crippen molar-refractivity contribution in [3.8, 4) is 10.6 Å². The van der Waals surface area contributed by atoms with Crippen molar-refractivity contribution in [1.29, 1.82) is 0 Å². The van der Waals surface area contributed by atoms with Crippen molar-refractivity contribution >= 4 is 11.3 Å². The fraction of sp³-hybridized carbons (Fsp3) is 0.333. The molecule has 1 atom stereocenters. The molecule has 0 aromatic carbocycles. The van der Waals surface area contributed by atoms with Crippen molar-refractivity contribution < 1.29 is 0 Å². The summed E-state index contributed by atoms with van der Waals surface area (Å²) in [6.07, 6.45) is 4.02. The van der Waals surface area contributed by atoms with Crippen LogP contribution in [-0.2, 0) is 6.42 Å². The molecule has 0 bridgehead atoms. The smallest absolute Gasteiger partial charge is 0.116 e. The van der Waals surface area contributed by atoms with Crippen molar-refractivity contribution in [2.75, 3.05) is 0 Å². The van der Waals surface area contributed by atoms with Crippen LogP contribution in [0.3, 0.4) is 0 Å². The molecule has 0 amide bonds. The van der Waals surface area contributed by atoms with Gasteiger partial charge in [0, 0.05) is 11.3 Å². The predicted octanol–water partition coefficient (Wildman–Crippen LogP) is 3.25. The topological polar surface area (TPSA) is 25.8 Å². The van der Waals surface area contributed by atoms with Crippen molar-refractivity contribution in [2.45, 2.75) is 25.7 Å². The van der Waals surface area contributed by atoms with Crippen LogP contribution in [0.25, 0.3) is 10.6 Å². The molecule has 0 aliphatic heterocycles. The lowest BCUT2D eigenvalue weighted by molar-refractivity contribution is 0.746. The van der Waals surface area contributed by atoms with E-state index >= 15 is 0 Å². The third-order valence-electron chi connectivity index (χ3n) is 3.03. The van der Waals surface area contributed by atoms with Gasteiger partial charge in [-0.1, -0.05) is 13.0 Å². The Bertz CT molecular complexity index is 476. The first kappa shape index (κ1) is 9.04. The summed E-state index contributed by atoms with van der Waals surface area (Å²) in [4.78, 5) is 10.1. The van der Waals surface area contributed by atoms with Crippen LogP contribution in [0, 0.1) is 0 Å². The number of fused-ring (bicyclic) bond motifs is 1. The SMILES string of the molecule is C[C@@H]1CCc2ncnc(-c3cccs3)c21. The summed E-state index contributed by atoms with van der Waals surface area (Å²) >= 11 is 1.75. The second-order valence-corrected chi connectivity index (χ2v) is 4.95. The minimum Gasteiger partial charge on any atom is -0.241 e. The molecule has 0 fully saturated rings. The van der Waals surface area contributed by atoms with E-state index in [-0.39, 0.29) is 0 Å². The van der Waals surface area contributed by atoms with Crippen LogP contribution in [0.1, 0.15) is 30.5 Å². The van der Waals surface area contributed by atoms with Crippen LogP contribution in [0.15, 0.2) is 23.8 Å². The quantitative estimate of drug-likeness (QED) is 0.731. The van der Waals surface area contributed by atoms with E-state index in [1.54, 1.807) is 17.7 Å². The van der Waals surface area contributed by atoms with Crippen molar-refractivity contribution in [1.82, 2.24) is 9.97 Å². The van der Waals surface area contributed by atoms with E-state index in [9.17, 15) is 0 Å². The number of rotatable bonds is 1. The van der Waals surface area contributed by atoms with Gasteiger partial charge in [-0.3, -0.25) is 0 Å². The Morgan fingerprint density at radius 3 is 3.13 bits per heavy atom. The van der Waals surface area contributed by atoms with Crippen LogP contribution in [0.2, 0.25) is 0 Å². The summed E-state index contributed by atoms with van der Waals surface area (Å²) in [7, 11) is 0. The van der Waals surface area contributed by atoms with Crippen LogP contribution < -0.4 is 0 Å². The highest BCUT2D eigenvalue weighted by Crippen LogP contribution is 2.38. The summed E-state index contributed by atoms with van der Waals surface area (Å²) in [6.45, 7) is 2.27. The molecule has 0 saturated carbocycles. The molecular weight excluding hydrogens is 204 g/mol. The van der Waals surface area contributed by atoms with Gasteiger partial charge >= 0.3 is 0 Å². The molecule has 0 saturated heterocycles. The molecule has 0 spiro atoms. The number of hydrogen-bond donors (Lipinski definition) is 0. The van der Waals surface area contributed by atoms with Crippen LogP contribution in [-0.4, -0.2) is 9.97 Å². The second-order valence-electron chi connectivity index (χ2n) is 4.00. The predicted molar refractivity (Wildman–Crippen MR) is 62.1 cm³/mol. The van der Waals surface area contributed by atoms with Gasteiger partial charge in [0.05, 0.1) is 10.6 Å². The summed E-state index contributed by atoms with van der Waals surface area (Å²) in [5.41, 5.74) is 3.78. The fourth-order valence-electron chi connectivity index (χ4n) is 2.26. The Morgan fingerprint density at radius 1 is 1.40 bits per heavy atom. The lowest BCUT2D eigenvalue weighted by Gasteiger charge is -2.08. The lowest BCUT2D eigenvalue weighted by atomic mass is 10.0. The van der Waals surface area contributed by atoms with E-state index in [2.05, 4.69) is 34.4 Å². The summed E-state index contributed by atoms with van der Waals surface area (Å²) in [5, 5.41) is 2.10. The standard InChI is InChI=1S/C12H12N2S/c1-8-4-5-9-11(8)12(14-7-13-9)10-3-2-6-15-10/h2-3,6-8H,4-5H2,1H3/t8-/m1/s1. The highest BCUT2D eigenvalue weighted by atomic mass is 32.1. The number of aromatic nitrogens is 2. The van der Waals surface area contributed by atoms with E-state index in [1.807, 2.05) is 0 Å². The number of thiophene rings is 1. The molecule has 3 rings (SSSR count). The van der Waals surface area contributed by atoms with E-state index in [0.29, 0.717) is 5.92 Å². The monoisotopic (exact) mass is 216 g/mol. The highest BCUT2D eigenvalue weighted by molar-refractivity contribution is 7.13. The molecule has 1 aliphatic rings. The molecule has 0 unspecified atom stereocenters. The van der Waals surface area contributed by atoms with E-state index in [0.717, 1.165) is 12.1 Å². The molecular formula is C12H12N2S. The first-order valence-electron chi connectivity index (χ1n) is 5.24. The zero-order valence-electron chi connectivity index (χ0n) is 8.60. The number of hydrogen-bond acceptors (Lipinski definition) is 3. The zero-order valence-corrected chi connectivity index (χ0v) is 9.42. The molecule has 0 N–H and O–H groups in total. The van der Waals surface area contributed by atoms with Crippen molar-refractivity contribution in [2.24, 2.45) is 0 Å². The Hall–Kier alpha value is -1.22. The molecule has 0 radical (unpaired) electrons. The van der Waals surface area contributed by atoms with Gasteiger partial charge in [-0.15, -0.1) is 11.3 Å². The normalized spacial score (nSPS) is 19.1. The Labute approximate surface area is 93.0 Å². The van der Waals surface area contributed by atoms with Gasteiger partial charge in [0.25, 0.3) is 0 Å². The molecule has 2 aromatic rings. The lowest BCUT2D eigenvalue weighted by Crippen LogP contribution is -1.96. The molecule has 3 heteroatoms. The molecule has 76 valence electrons. The third kappa shape index (κ3) is 1.38. The Kier molecular flexibility index (Phi) is 2.06. The van der Waals surface area contributed by atoms with Gasteiger partial charge in [0.15, 0.2) is 0 Å². The molecule has 2 aromatic heterocycles. The Balaban J connectivity index is 2.21. The third-order valence-corrected chi connectivity index (χ3v) is 3.90. The van der Waals surface area contributed by atoms with Gasteiger partial charge in [-0.05, 0) is 30.2 Å². The van der Waals surface area contributed by atoms with E-state index in [4.69, 9.17) is 0 Å². The minimum absolute atomic E-state index is 0.610. The summed E-state index contributed by atoms with van der Waals surface area (Å²) in [6, 6.07) is 4.21. The van der Waals surface area contributed by atoms with Crippen LogP contribution in [0.5, 0.6) is 0 Å². The van der Waals surface area contributed by atoms with Gasteiger partial charge in [-0.2, -0.15) is 0 Å². The summed E-state index contributed by atoms with van der Waals surface area (Å²) < 4.78 is 0. The van der Waals surface area contributed by atoms with Gasteiger partial charge in [0.2, 0.25) is 0 Å². The number of aryl methyl sites for hydroxylation is 1. The highest BCUT2D eigenvalue weighted by Gasteiger charge is 2.24. The van der Waals surface area contributed by atoms with Gasteiger partial charge < -0.3 is 0 Å². The zero-order chi connectivity index (χ0) is 10.3. The maximum atomic E-state index is 4.44. The second kappa shape index (κ2) is 3.42. The molecule has 1 aliphatic carbocycles. The van der Waals surface area contributed by atoms with Crippen molar-refractivity contribution in [3.05, 3.63) is 35.1 Å². The van der Waals surface area contributed by atoms with E-state index in [1.165, 1.54) is 22.6 Å². The van der Waals surface area contributed by atoms with Gasteiger partial charge in [-0.25, -0.2) is 9.97 Å². The Morgan fingerprint density at radius 2 is 2.33 bits per heavy atom. The largest absolute Gasteiger partial charge is 0.241 e. The fourth-order valence-corrected chi connectivity index (χ4v) is 2.99. The maximum Gasteiger partial charge on any atom is 0.116 e. The minimum atomic E-state index is 0.610.